The third-order valence-corrected chi connectivity index (χ3v) is 5.02. The van der Waals surface area contributed by atoms with Crippen LogP contribution in [0.5, 0.6) is 0 Å². The van der Waals surface area contributed by atoms with Crippen LogP contribution in [0.1, 0.15) is 23.5 Å². The molecule has 3 aromatic rings. The van der Waals surface area contributed by atoms with Crippen LogP contribution >= 0.6 is 0 Å². The number of rotatable bonds is 3. The van der Waals surface area contributed by atoms with Crippen LogP contribution in [0.15, 0.2) is 97.1 Å². The highest BCUT2D eigenvalue weighted by atomic mass is 14.2. The minimum absolute atomic E-state index is 0.455. The maximum Gasteiger partial charge on any atom is 0.00587 e. The number of benzene rings is 3. The van der Waals surface area contributed by atoms with Gasteiger partial charge in [0, 0.05) is 5.92 Å². The maximum atomic E-state index is 2.38. The molecule has 1 aliphatic rings. The second-order valence-corrected chi connectivity index (χ2v) is 6.63. The van der Waals surface area contributed by atoms with Crippen LogP contribution in [0, 0.1) is 6.92 Å². The van der Waals surface area contributed by atoms with Gasteiger partial charge in [0.25, 0.3) is 0 Å². The van der Waals surface area contributed by atoms with E-state index >= 15 is 0 Å². The first kappa shape index (κ1) is 15.7. The normalized spacial score (nSPS) is 16.1. The van der Waals surface area contributed by atoms with E-state index in [2.05, 4.69) is 104 Å². The highest BCUT2D eigenvalue weighted by Gasteiger charge is 2.16. The molecular weight excluding hydrogens is 300 g/mol. The van der Waals surface area contributed by atoms with Gasteiger partial charge in [0.2, 0.25) is 0 Å². The van der Waals surface area contributed by atoms with E-state index in [0.717, 1.165) is 6.42 Å². The van der Waals surface area contributed by atoms with Gasteiger partial charge in [0.1, 0.15) is 0 Å². The highest BCUT2D eigenvalue weighted by Crippen LogP contribution is 2.37. The molecular formula is C25H22. The maximum absolute atomic E-state index is 2.38. The first-order valence-electron chi connectivity index (χ1n) is 8.91. The SMILES string of the molecule is Cc1c(-c2ccccc2)cc(-c2ccccc2)cc1C1C=CC=CC1. The summed E-state index contributed by atoms with van der Waals surface area (Å²) in [4.78, 5) is 0. The molecule has 0 fully saturated rings. The lowest BCUT2D eigenvalue weighted by molar-refractivity contribution is 0.846. The van der Waals surface area contributed by atoms with Gasteiger partial charge in [-0.1, -0.05) is 91.0 Å². The first-order valence-corrected chi connectivity index (χ1v) is 8.91. The first-order chi connectivity index (χ1) is 12.3. The lowest BCUT2D eigenvalue weighted by Gasteiger charge is -2.21. The minimum atomic E-state index is 0.455. The highest BCUT2D eigenvalue weighted by molar-refractivity contribution is 5.77. The fourth-order valence-corrected chi connectivity index (χ4v) is 3.65. The zero-order chi connectivity index (χ0) is 17.1. The molecule has 0 spiro atoms. The van der Waals surface area contributed by atoms with E-state index < -0.39 is 0 Å². The van der Waals surface area contributed by atoms with E-state index in [4.69, 9.17) is 0 Å². The standard InChI is InChI=1S/C25H22/c1-19-24(21-13-7-3-8-14-21)17-23(20-11-5-2-6-12-20)18-25(19)22-15-9-4-10-16-22/h2-15,17-18,22H,16H2,1H3. The van der Waals surface area contributed by atoms with Crippen LogP contribution in [0.3, 0.4) is 0 Å². The van der Waals surface area contributed by atoms with E-state index in [0.29, 0.717) is 5.92 Å². The summed E-state index contributed by atoms with van der Waals surface area (Å²) in [6.07, 6.45) is 9.98. The summed E-state index contributed by atoms with van der Waals surface area (Å²) in [6.45, 7) is 2.26. The zero-order valence-electron chi connectivity index (χ0n) is 14.5. The Morgan fingerprint density at radius 3 is 2.04 bits per heavy atom. The third-order valence-electron chi connectivity index (χ3n) is 5.02. The summed E-state index contributed by atoms with van der Waals surface area (Å²) in [5.74, 6) is 0.455. The van der Waals surface area contributed by atoms with Crippen molar-refractivity contribution < 1.29 is 0 Å². The zero-order valence-corrected chi connectivity index (χ0v) is 14.5. The molecule has 0 nitrogen and oxygen atoms in total. The Morgan fingerprint density at radius 1 is 0.720 bits per heavy atom. The summed E-state index contributed by atoms with van der Waals surface area (Å²) in [7, 11) is 0. The molecule has 0 saturated carbocycles. The average molecular weight is 322 g/mol. The summed E-state index contributed by atoms with van der Waals surface area (Å²) in [6, 6.07) is 26.1. The minimum Gasteiger partial charge on any atom is -0.0836 e. The fourth-order valence-electron chi connectivity index (χ4n) is 3.65. The summed E-state index contributed by atoms with van der Waals surface area (Å²) in [5.41, 5.74) is 8.00. The van der Waals surface area contributed by atoms with Gasteiger partial charge in [0.05, 0.1) is 0 Å². The van der Waals surface area contributed by atoms with E-state index in [1.165, 1.54) is 33.4 Å². The van der Waals surface area contributed by atoms with Crippen LogP contribution in [0.25, 0.3) is 22.3 Å². The predicted molar refractivity (Wildman–Crippen MR) is 108 cm³/mol. The summed E-state index contributed by atoms with van der Waals surface area (Å²) in [5, 5.41) is 0. The molecule has 1 unspecified atom stereocenters. The lowest BCUT2D eigenvalue weighted by Crippen LogP contribution is -2.01. The number of hydrogen-bond acceptors (Lipinski definition) is 0. The second-order valence-electron chi connectivity index (χ2n) is 6.63. The van der Waals surface area contributed by atoms with E-state index in [-0.39, 0.29) is 0 Å². The summed E-state index contributed by atoms with van der Waals surface area (Å²) >= 11 is 0. The van der Waals surface area contributed by atoms with Gasteiger partial charge in [-0.15, -0.1) is 0 Å². The van der Waals surface area contributed by atoms with Gasteiger partial charge < -0.3 is 0 Å². The van der Waals surface area contributed by atoms with Crippen molar-refractivity contribution in [1.82, 2.24) is 0 Å². The second kappa shape index (κ2) is 6.94. The molecule has 0 aromatic heterocycles. The molecule has 0 heteroatoms. The molecule has 0 N–H and O–H groups in total. The van der Waals surface area contributed by atoms with Crippen LogP contribution in [0.4, 0.5) is 0 Å². The fraction of sp³-hybridized carbons (Fsp3) is 0.120. The molecule has 0 heterocycles. The molecule has 0 saturated heterocycles. The molecule has 0 amide bonds. The Balaban J connectivity index is 1.91. The van der Waals surface area contributed by atoms with E-state index in [9.17, 15) is 0 Å². The Bertz CT molecular complexity index is 915. The van der Waals surface area contributed by atoms with Crippen molar-refractivity contribution in [2.24, 2.45) is 0 Å². The Morgan fingerprint density at radius 2 is 1.40 bits per heavy atom. The third kappa shape index (κ3) is 3.21. The molecule has 25 heavy (non-hydrogen) atoms. The van der Waals surface area contributed by atoms with Gasteiger partial charge in [-0.3, -0.25) is 0 Å². The molecule has 122 valence electrons. The van der Waals surface area contributed by atoms with Gasteiger partial charge in [-0.25, -0.2) is 0 Å². The monoisotopic (exact) mass is 322 g/mol. The van der Waals surface area contributed by atoms with Gasteiger partial charge in [0.15, 0.2) is 0 Å². The topological polar surface area (TPSA) is 0 Å². The molecule has 1 atom stereocenters. The van der Waals surface area contributed by atoms with Crippen molar-refractivity contribution in [2.75, 3.05) is 0 Å². The van der Waals surface area contributed by atoms with Crippen molar-refractivity contribution >= 4 is 0 Å². The molecule has 0 bridgehead atoms. The molecule has 0 aliphatic heterocycles. The van der Waals surface area contributed by atoms with E-state index in [1.54, 1.807) is 0 Å². The van der Waals surface area contributed by atoms with Gasteiger partial charge in [-0.05, 0) is 52.8 Å². The van der Waals surface area contributed by atoms with E-state index in [1.807, 2.05) is 0 Å². The Hall–Kier alpha value is -2.86. The van der Waals surface area contributed by atoms with Gasteiger partial charge in [-0.2, -0.15) is 0 Å². The largest absolute Gasteiger partial charge is 0.0836 e. The van der Waals surface area contributed by atoms with Crippen LogP contribution < -0.4 is 0 Å². The molecule has 1 aliphatic carbocycles. The smallest absolute Gasteiger partial charge is 0.00587 e. The van der Waals surface area contributed by atoms with Crippen molar-refractivity contribution in [1.29, 1.82) is 0 Å². The Labute approximate surface area is 150 Å². The lowest BCUT2D eigenvalue weighted by atomic mass is 9.83. The van der Waals surface area contributed by atoms with Crippen LogP contribution in [-0.2, 0) is 0 Å². The van der Waals surface area contributed by atoms with Crippen LogP contribution in [0.2, 0.25) is 0 Å². The van der Waals surface area contributed by atoms with Crippen molar-refractivity contribution in [3.63, 3.8) is 0 Å². The Kier molecular flexibility index (Phi) is 4.35. The van der Waals surface area contributed by atoms with Crippen molar-refractivity contribution in [3.8, 4) is 22.3 Å². The number of hydrogen-bond donors (Lipinski definition) is 0. The van der Waals surface area contributed by atoms with Crippen LogP contribution in [-0.4, -0.2) is 0 Å². The number of allylic oxidation sites excluding steroid dienone is 4. The predicted octanol–water partition coefficient (Wildman–Crippen LogP) is 6.93. The molecule has 4 rings (SSSR count). The van der Waals surface area contributed by atoms with Gasteiger partial charge >= 0.3 is 0 Å². The van der Waals surface area contributed by atoms with Crippen molar-refractivity contribution in [2.45, 2.75) is 19.3 Å². The van der Waals surface area contributed by atoms with Crippen molar-refractivity contribution in [3.05, 3.63) is 108 Å². The summed E-state index contributed by atoms with van der Waals surface area (Å²) < 4.78 is 0. The molecule has 3 aromatic carbocycles. The quantitative estimate of drug-likeness (QED) is 0.490. The molecule has 0 radical (unpaired) electrons. The average Bonchev–Trinajstić information content (AvgIpc) is 2.70.